The Hall–Kier alpha value is -3.00. The predicted octanol–water partition coefficient (Wildman–Crippen LogP) is 2.14. The largest absolute Gasteiger partial charge is 0.397 e. The number of carbonyl (C=O) groups excluding carboxylic acids is 2. The number of amides is 2. The van der Waals surface area contributed by atoms with Crippen molar-refractivity contribution in [2.24, 2.45) is 0 Å². The Morgan fingerprint density at radius 2 is 1.89 bits per heavy atom. The molecule has 0 atom stereocenters. The van der Waals surface area contributed by atoms with E-state index in [1.807, 2.05) is 32.0 Å². The summed E-state index contributed by atoms with van der Waals surface area (Å²) in [5, 5.41) is 12.0. The monoisotopic (exact) mass is 381 g/mol. The molecule has 0 unspecified atom stereocenters. The van der Waals surface area contributed by atoms with E-state index in [2.05, 4.69) is 15.5 Å². The summed E-state index contributed by atoms with van der Waals surface area (Å²) in [7, 11) is 0. The molecule has 0 bridgehead atoms. The van der Waals surface area contributed by atoms with Crippen LogP contribution in [0, 0.1) is 13.8 Å². The highest BCUT2D eigenvalue weighted by molar-refractivity contribution is 7.21. The molecular formula is C19H19N5O2S. The molecule has 3 aromatic rings. The molecule has 0 spiro atoms. The number of carbonyl (C=O) groups is 2. The number of aromatic nitrogens is 2. The SMILES string of the molecule is Cc1nnc2sc(C(=O)NC3CN(C(=O)c4ccccc4)C3)c(N)c2c1C. The summed E-state index contributed by atoms with van der Waals surface area (Å²) in [6.45, 7) is 4.77. The second-order valence-corrected chi connectivity index (χ2v) is 7.68. The maximum absolute atomic E-state index is 12.6. The molecule has 1 aromatic carbocycles. The molecule has 3 N–H and O–H groups in total. The molecule has 0 aliphatic carbocycles. The molecule has 1 saturated heterocycles. The van der Waals surface area contributed by atoms with Gasteiger partial charge in [0.2, 0.25) is 0 Å². The van der Waals surface area contributed by atoms with Gasteiger partial charge in [0.25, 0.3) is 11.8 Å². The lowest BCUT2D eigenvalue weighted by molar-refractivity contribution is 0.0543. The molecule has 1 fully saturated rings. The number of nitrogens with one attached hydrogen (secondary N) is 1. The Morgan fingerprint density at radius 1 is 1.19 bits per heavy atom. The maximum atomic E-state index is 12.6. The first kappa shape index (κ1) is 17.4. The van der Waals surface area contributed by atoms with Crippen LogP contribution in [0.15, 0.2) is 30.3 Å². The van der Waals surface area contributed by atoms with Gasteiger partial charge in [-0.25, -0.2) is 0 Å². The van der Waals surface area contributed by atoms with Crippen LogP contribution < -0.4 is 11.1 Å². The van der Waals surface area contributed by atoms with E-state index in [-0.39, 0.29) is 17.9 Å². The zero-order chi connectivity index (χ0) is 19.1. The van der Waals surface area contributed by atoms with E-state index in [9.17, 15) is 9.59 Å². The van der Waals surface area contributed by atoms with Crippen LogP contribution in [-0.2, 0) is 0 Å². The summed E-state index contributed by atoms with van der Waals surface area (Å²) < 4.78 is 0. The van der Waals surface area contributed by atoms with Gasteiger partial charge in [0.1, 0.15) is 9.71 Å². The minimum absolute atomic E-state index is 0.0242. The Balaban J connectivity index is 1.44. The van der Waals surface area contributed by atoms with Crippen LogP contribution in [0.2, 0.25) is 0 Å². The number of aryl methyl sites for hydroxylation is 2. The number of nitrogen functional groups attached to an aromatic ring is 1. The van der Waals surface area contributed by atoms with Crippen molar-refractivity contribution < 1.29 is 9.59 Å². The Morgan fingerprint density at radius 3 is 2.59 bits per heavy atom. The van der Waals surface area contributed by atoms with Gasteiger partial charge in [-0.3, -0.25) is 9.59 Å². The zero-order valence-electron chi connectivity index (χ0n) is 15.0. The van der Waals surface area contributed by atoms with Crippen LogP contribution in [0.25, 0.3) is 10.2 Å². The van der Waals surface area contributed by atoms with Crippen molar-refractivity contribution >= 4 is 39.1 Å². The molecule has 2 aromatic heterocycles. The van der Waals surface area contributed by atoms with Gasteiger partial charge in [-0.05, 0) is 31.5 Å². The first-order valence-electron chi connectivity index (χ1n) is 8.62. The van der Waals surface area contributed by atoms with Crippen LogP contribution in [0.4, 0.5) is 5.69 Å². The minimum atomic E-state index is -0.232. The van der Waals surface area contributed by atoms with E-state index < -0.39 is 0 Å². The van der Waals surface area contributed by atoms with Gasteiger partial charge in [0, 0.05) is 24.0 Å². The second kappa shape index (κ2) is 6.62. The van der Waals surface area contributed by atoms with Crippen molar-refractivity contribution in [2.75, 3.05) is 18.8 Å². The summed E-state index contributed by atoms with van der Waals surface area (Å²) in [6.07, 6.45) is 0. The fraction of sp³-hybridized carbons (Fsp3) is 0.263. The summed E-state index contributed by atoms with van der Waals surface area (Å²) in [5.74, 6) is -0.256. The average molecular weight is 381 g/mol. The third-order valence-electron chi connectivity index (χ3n) is 4.87. The number of likely N-dealkylation sites (tertiary alicyclic amines) is 1. The number of benzene rings is 1. The molecule has 0 radical (unpaired) electrons. The molecule has 8 heteroatoms. The van der Waals surface area contributed by atoms with E-state index in [1.165, 1.54) is 11.3 Å². The van der Waals surface area contributed by atoms with Crippen LogP contribution in [0.1, 0.15) is 31.3 Å². The predicted molar refractivity (Wildman–Crippen MR) is 105 cm³/mol. The molecule has 7 nitrogen and oxygen atoms in total. The van der Waals surface area contributed by atoms with Crippen molar-refractivity contribution in [3.8, 4) is 0 Å². The van der Waals surface area contributed by atoms with Gasteiger partial charge in [0.05, 0.1) is 17.4 Å². The van der Waals surface area contributed by atoms with Crippen molar-refractivity contribution in [1.82, 2.24) is 20.4 Å². The number of hydrogen-bond acceptors (Lipinski definition) is 6. The molecule has 1 aliphatic heterocycles. The number of nitrogens with zero attached hydrogens (tertiary/aromatic N) is 3. The standard InChI is InChI=1S/C19H19N5O2S/c1-10-11(2)22-23-18-14(10)15(20)16(27-18)17(25)21-13-8-24(9-13)19(26)12-6-4-3-5-7-12/h3-7,13H,8-9,20H2,1-2H3,(H,21,25). The molecule has 1 aliphatic rings. The number of hydrogen-bond donors (Lipinski definition) is 2. The number of thiophene rings is 1. The third-order valence-corrected chi connectivity index (χ3v) is 5.95. The maximum Gasteiger partial charge on any atom is 0.263 e. The minimum Gasteiger partial charge on any atom is -0.397 e. The highest BCUT2D eigenvalue weighted by Gasteiger charge is 2.33. The van der Waals surface area contributed by atoms with E-state index in [1.54, 1.807) is 17.0 Å². The number of rotatable bonds is 3. The van der Waals surface area contributed by atoms with E-state index >= 15 is 0 Å². The summed E-state index contributed by atoms with van der Waals surface area (Å²) in [5.41, 5.74) is 9.05. The van der Waals surface area contributed by atoms with Crippen LogP contribution in [-0.4, -0.2) is 46.0 Å². The Bertz CT molecular complexity index is 1040. The summed E-state index contributed by atoms with van der Waals surface area (Å²) in [6, 6.07) is 9.05. The summed E-state index contributed by atoms with van der Waals surface area (Å²) >= 11 is 1.24. The lowest BCUT2D eigenvalue weighted by atomic mass is 10.1. The number of anilines is 1. The molecule has 3 heterocycles. The topological polar surface area (TPSA) is 101 Å². The third kappa shape index (κ3) is 3.02. The van der Waals surface area contributed by atoms with Crippen molar-refractivity contribution in [3.63, 3.8) is 0 Å². The average Bonchev–Trinajstić information content (AvgIpc) is 2.98. The molecule has 138 valence electrons. The second-order valence-electron chi connectivity index (χ2n) is 6.68. The molecule has 0 saturated carbocycles. The van der Waals surface area contributed by atoms with Crippen molar-refractivity contribution in [1.29, 1.82) is 0 Å². The summed E-state index contributed by atoms with van der Waals surface area (Å²) in [4.78, 5) is 27.8. The van der Waals surface area contributed by atoms with E-state index in [4.69, 9.17) is 5.73 Å². The van der Waals surface area contributed by atoms with Gasteiger partial charge >= 0.3 is 0 Å². The van der Waals surface area contributed by atoms with Crippen LogP contribution >= 0.6 is 11.3 Å². The van der Waals surface area contributed by atoms with Gasteiger partial charge in [0.15, 0.2) is 0 Å². The fourth-order valence-electron chi connectivity index (χ4n) is 3.16. The molecule has 4 rings (SSSR count). The zero-order valence-corrected chi connectivity index (χ0v) is 15.8. The molecule has 27 heavy (non-hydrogen) atoms. The Kier molecular flexibility index (Phi) is 4.27. The lowest BCUT2D eigenvalue weighted by Crippen LogP contribution is -2.60. The quantitative estimate of drug-likeness (QED) is 0.724. The smallest absolute Gasteiger partial charge is 0.263 e. The van der Waals surface area contributed by atoms with Gasteiger partial charge in [-0.15, -0.1) is 16.4 Å². The number of nitrogens with two attached hydrogens (primary N) is 1. The first-order chi connectivity index (χ1) is 13.0. The van der Waals surface area contributed by atoms with Crippen LogP contribution in [0.3, 0.4) is 0 Å². The fourth-order valence-corrected chi connectivity index (χ4v) is 4.16. The molecule has 2 amide bonds. The highest BCUT2D eigenvalue weighted by Crippen LogP contribution is 2.34. The van der Waals surface area contributed by atoms with E-state index in [0.29, 0.717) is 34.0 Å². The number of fused-ring (bicyclic) bond motifs is 1. The van der Waals surface area contributed by atoms with Gasteiger partial charge < -0.3 is 16.0 Å². The van der Waals surface area contributed by atoms with Crippen molar-refractivity contribution in [3.05, 3.63) is 52.0 Å². The van der Waals surface area contributed by atoms with Crippen LogP contribution in [0.5, 0.6) is 0 Å². The molecular weight excluding hydrogens is 362 g/mol. The first-order valence-corrected chi connectivity index (χ1v) is 9.44. The Labute approximate surface area is 160 Å². The highest BCUT2D eigenvalue weighted by atomic mass is 32.1. The normalized spacial score (nSPS) is 14.2. The van der Waals surface area contributed by atoms with Crippen molar-refractivity contribution in [2.45, 2.75) is 19.9 Å². The van der Waals surface area contributed by atoms with Gasteiger partial charge in [-0.1, -0.05) is 18.2 Å². The van der Waals surface area contributed by atoms with E-state index in [0.717, 1.165) is 16.6 Å². The lowest BCUT2D eigenvalue weighted by Gasteiger charge is -2.39. The van der Waals surface area contributed by atoms with Gasteiger partial charge in [-0.2, -0.15) is 5.10 Å².